The highest BCUT2D eigenvalue weighted by atomic mass is 32.2. The number of alkyl halides is 4. The van der Waals surface area contributed by atoms with Crippen LogP contribution in [0, 0.1) is 5.92 Å². The fourth-order valence-corrected chi connectivity index (χ4v) is 5.68. The second-order valence-electron chi connectivity index (χ2n) is 9.74. The Morgan fingerprint density at radius 1 is 1.19 bits per heavy atom. The fraction of sp³-hybridized carbons (Fsp3) is 0.480. The molecule has 1 saturated heterocycles. The number of ketones is 1. The second-order valence-corrected chi connectivity index (χ2v) is 11.7. The third kappa shape index (κ3) is 5.40. The molecule has 0 radical (unpaired) electrons. The Bertz CT molecular complexity index is 1390. The molecule has 5 rings (SSSR count). The molecule has 0 spiro atoms. The monoisotopic (exact) mass is 539 g/mol. The molecule has 1 aromatic heterocycles. The summed E-state index contributed by atoms with van der Waals surface area (Å²) in [5.41, 5.74) is 1.22. The van der Waals surface area contributed by atoms with Crippen LogP contribution < -0.4 is 5.32 Å². The quantitative estimate of drug-likeness (QED) is 0.485. The van der Waals surface area contributed by atoms with Gasteiger partial charge in [-0.15, -0.1) is 0 Å². The van der Waals surface area contributed by atoms with E-state index in [2.05, 4.69) is 15.3 Å². The Morgan fingerprint density at radius 3 is 2.51 bits per heavy atom. The number of benzene rings is 1. The van der Waals surface area contributed by atoms with Gasteiger partial charge in [0.15, 0.2) is 9.84 Å². The maximum atomic E-state index is 13.4. The average molecular weight is 540 g/mol. The number of halogens is 4. The van der Waals surface area contributed by atoms with E-state index in [0.29, 0.717) is 13.2 Å². The van der Waals surface area contributed by atoms with Crippen molar-refractivity contribution in [3.05, 3.63) is 41.2 Å². The van der Waals surface area contributed by atoms with Gasteiger partial charge >= 0.3 is 0 Å². The van der Waals surface area contributed by atoms with Gasteiger partial charge in [0.05, 0.1) is 39.3 Å². The SMILES string of the molecule is CS(=O)(=O)c1cc(C2CCOCC2)ccc1Nc1cc(CC(=O)[C@H]2CC2(F)F)nc2c1N=C(C(F)F)C2. The lowest BCUT2D eigenvalue weighted by atomic mass is 9.91. The van der Waals surface area contributed by atoms with Crippen molar-refractivity contribution in [2.24, 2.45) is 10.9 Å². The maximum Gasteiger partial charge on any atom is 0.277 e. The van der Waals surface area contributed by atoms with Gasteiger partial charge in [0.25, 0.3) is 12.3 Å². The van der Waals surface area contributed by atoms with Gasteiger partial charge in [-0.3, -0.25) is 9.78 Å². The highest BCUT2D eigenvalue weighted by Crippen LogP contribution is 2.49. The standard InChI is InChI=1S/C25H25F4N3O4S/c1-37(34,35)22-8-14(13-4-6-36-7-5-13)2-3-17(22)31-18-9-15(10-21(33)16-12-25(16,28)29)30-19-11-20(24(26)27)32-23(18)19/h2-3,8-9,13,16,24H,4-7,10-12H2,1H3,(H,30,31)/t16-/m1/s1. The Balaban J connectivity index is 1.51. The van der Waals surface area contributed by atoms with Gasteiger partial charge in [-0.05, 0) is 42.5 Å². The molecule has 12 heteroatoms. The number of ether oxygens (including phenoxy) is 1. The number of pyridine rings is 1. The van der Waals surface area contributed by atoms with Crippen molar-refractivity contribution in [1.29, 1.82) is 0 Å². The summed E-state index contributed by atoms with van der Waals surface area (Å²) >= 11 is 0. The Kier molecular flexibility index (Phi) is 6.59. The van der Waals surface area contributed by atoms with E-state index in [1.807, 2.05) is 6.07 Å². The number of aliphatic imine (C=N–C) groups is 1. The third-order valence-electron chi connectivity index (χ3n) is 6.91. The number of Topliss-reactive ketones (excluding diaryl/α,β-unsaturated/α-hetero) is 1. The number of anilines is 2. The summed E-state index contributed by atoms with van der Waals surface area (Å²) in [4.78, 5) is 20.6. The van der Waals surface area contributed by atoms with Gasteiger partial charge in [-0.1, -0.05) is 6.07 Å². The molecule has 1 saturated carbocycles. The number of hydrogen-bond donors (Lipinski definition) is 1. The van der Waals surface area contributed by atoms with Gasteiger partial charge in [-0.2, -0.15) is 0 Å². The molecule has 37 heavy (non-hydrogen) atoms. The number of nitrogens with one attached hydrogen (secondary N) is 1. The van der Waals surface area contributed by atoms with Crippen LogP contribution in [0.15, 0.2) is 34.2 Å². The molecule has 1 atom stereocenters. The van der Waals surface area contributed by atoms with Crippen LogP contribution in [-0.2, 0) is 32.2 Å². The minimum Gasteiger partial charge on any atom is -0.381 e. The number of nitrogens with zero attached hydrogens (tertiary/aromatic N) is 2. The van der Waals surface area contributed by atoms with E-state index < -0.39 is 52.4 Å². The van der Waals surface area contributed by atoms with E-state index in [1.165, 1.54) is 6.07 Å². The molecule has 2 fully saturated rings. The molecule has 3 heterocycles. The first-order chi connectivity index (χ1) is 17.4. The summed E-state index contributed by atoms with van der Waals surface area (Å²) < 4.78 is 84.4. The number of fused-ring (bicyclic) bond motifs is 1. The van der Waals surface area contributed by atoms with E-state index in [9.17, 15) is 30.8 Å². The lowest BCUT2D eigenvalue weighted by Gasteiger charge is -2.23. The van der Waals surface area contributed by atoms with Crippen LogP contribution >= 0.6 is 0 Å². The number of hydrogen-bond acceptors (Lipinski definition) is 7. The van der Waals surface area contributed by atoms with Gasteiger partial charge in [-0.25, -0.2) is 31.0 Å². The zero-order chi connectivity index (χ0) is 26.5. The van der Waals surface area contributed by atoms with Crippen molar-refractivity contribution in [3.63, 3.8) is 0 Å². The van der Waals surface area contributed by atoms with Gasteiger partial charge in [0.2, 0.25) is 0 Å². The molecule has 7 nitrogen and oxygen atoms in total. The predicted molar refractivity (Wildman–Crippen MR) is 128 cm³/mol. The number of carbonyl (C=O) groups is 1. The molecule has 0 amide bonds. The highest BCUT2D eigenvalue weighted by molar-refractivity contribution is 7.90. The molecule has 2 aromatic rings. The van der Waals surface area contributed by atoms with Gasteiger partial charge in [0.1, 0.15) is 11.5 Å². The van der Waals surface area contributed by atoms with E-state index in [-0.39, 0.29) is 45.7 Å². The first-order valence-electron chi connectivity index (χ1n) is 11.9. The van der Waals surface area contributed by atoms with Gasteiger partial charge in [0, 0.05) is 38.7 Å². The van der Waals surface area contributed by atoms with Crippen molar-refractivity contribution < 1.29 is 35.5 Å². The maximum absolute atomic E-state index is 13.4. The van der Waals surface area contributed by atoms with Crippen molar-refractivity contribution in [1.82, 2.24) is 4.98 Å². The largest absolute Gasteiger partial charge is 0.381 e. The fourth-order valence-electron chi connectivity index (χ4n) is 4.81. The lowest BCUT2D eigenvalue weighted by molar-refractivity contribution is -0.121. The van der Waals surface area contributed by atoms with Crippen molar-refractivity contribution in [2.75, 3.05) is 24.8 Å². The van der Waals surface area contributed by atoms with Crippen LogP contribution in [0.25, 0.3) is 0 Å². The zero-order valence-electron chi connectivity index (χ0n) is 19.9. The molecule has 2 aliphatic heterocycles. The number of rotatable bonds is 8. The molecule has 0 unspecified atom stereocenters. The summed E-state index contributed by atoms with van der Waals surface area (Å²) in [7, 11) is -3.70. The molecule has 198 valence electrons. The number of sulfone groups is 1. The Hall–Kier alpha value is -2.86. The minimum absolute atomic E-state index is 0.0216. The molecule has 0 bridgehead atoms. The second kappa shape index (κ2) is 9.46. The summed E-state index contributed by atoms with van der Waals surface area (Å²) in [5, 5.41) is 2.99. The predicted octanol–water partition coefficient (Wildman–Crippen LogP) is 4.78. The van der Waals surface area contributed by atoms with Crippen molar-refractivity contribution >= 4 is 38.4 Å². The average Bonchev–Trinajstić information content (AvgIpc) is 3.27. The van der Waals surface area contributed by atoms with Crippen molar-refractivity contribution in [2.45, 2.75) is 55.3 Å². The third-order valence-corrected chi connectivity index (χ3v) is 8.05. The van der Waals surface area contributed by atoms with Gasteiger partial charge < -0.3 is 10.1 Å². The number of aromatic nitrogens is 1. The molecule has 1 aliphatic carbocycles. The molecular weight excluding hydrogens is 514 g/mol. The smallest absolute Gasteiger partial charge is 0.277 e. The molecule has 1 aromatic carbocycles. The van der Waals surface area contributed by atoms with E-state index in [1.54, 1.807) is 12.1 Å². The Morgan fingerprint density at radius 2 is 1.89 bits per heavy atom. The van der Waals surface area contributed by atoms with E-state index >= 15 is 0 Å². The minimum atomic E-state index is -3.70. The topological polar surface area (TPSA) is 97.7 Å². The summed E-state index contributed by atoms with van der Waals surface area (Å²) in [6, 6.07) is 6.40. The van der Waals surface area contributed by atoms with Crippen LogP contribution in [-0.4, -0.2) is 56.7 Å². The summed E-state index contributed by atoms with van der Waals surface area (Å²) in [6.07, 6.45) is -1.41. The van der Waals surface area contributed by atoms with Crippen LogP contribution in [0.1, 0.15) is 42.1 Å². The van der Waals surface area contributed by atoms with Crippen LogP contribution in [0.4, 0.5) is 34.6 Å². The molecule has 3 aliphatic rings. The first kappa shape index (κ1) is 25.8. The lowest BCUT2D eigenvalue weighted by Crippen LogP contribution is -2.15. The summed E-state index contributed by atoms with van der Waals surface area (Å²) in [6.45, 7) is 1.17. The summed E-state index contributed by atoms with van der Waals surface area (Å²) in [5.74, 6) is -4.95. The van der Waals surface area contributed by atoms with Crippen LogP contribution in [0.5, 0.6) is 0 Å². The normalized spacial score (nSPS) is 21.0. The molecular formula is C25H25F4N3O4S. The van der Waals surface area contributed by atoms with Crippen molar-refractivity contribution in [3.8, 4) is 0 Å². The first-order valence-corrected chi connectivity index (χ1v) is 13.8. The zero-order valence-corrected chi connectivity index (χ0v) is 20.8. The Labute approximate surface area is 211 Å². The van der Waals surface area contributed by atoms with E-state index in [0.717, 1.165) is 24.7 Å². The molecule has 1 N–H and O–H groups in total. The van der Waals surface area contributed by atoms with E-state index in [4.69, 9.17) is 4.74 Å². The number of carbonyl (C=O) groups excluding carboxylic acids is 1. The van der Waals surface area contributed by atoms with Crippen LogP contribution in [0.2, 0.25) is 0 Å². The highest BCUT2D eigenvalue weighted by Gasteiger charge is 2.60. The van der Waals surface area contributed by atoms with Crippen LogP contribution in [0.3, 0.4) is 0 Å².